The van der Waals surface area contributed by atoms with Gasteiger partial charge in [-0.1, -0.05) is 35.4 Å². The molecule has 1 saturated heterocycles. The molecule has 1 aliphatic rings. The molecular weight excluding hydrogens is 488 g/mol. The van der Waals surface area contributed by atoms with E-state index in [2.05, 4.69) is 5.32 Å². The number of sulfonamides is 1. The van der Waals surface area contributed by atoms with Crippen LogP contribution in [0.4, 0.5) is 5.69 Å². The maximum atomic E-state index is 13.2. The fraction of sp³-hybridized carbons (Fsp3) is 0.269. The molecule has 1 atom stereocenters. The van der Waals surface area contributed by atoms with E-state index in [1.54, 1.807) is 73.8 Å². The predicted molar refractivity (Wildman–Crippen MR) is 136 cm³/mol. The number of methoxy groups -OCH3 is 1. The van der Waals surface area contributed by atoms with Crippen LogP contribution in [-0.4, -0.2) is 38.8 Å². The van der Waals surface area contributed by atoms with Crippen LogP contribution in [0, 0.1) is 12.8 Å². The highest BCUT2D eigenvalue weighted by Gasteiger charge is 2.33. The van der Waals surface area contributed by atoms with Crippen molar-refractivity contribution < 1.29 is 22.7 Å². The van der Waals surface area contributed by atoms with Crippen molar-refractivity contribution >= 4 is 33.2 Å². The maximum absolute atomic E-state index is 13.2. The van der Waals surface area contributed by atoms with Crippen molar-refractivity contribution in [1.82, 2.24) is 4.31 Å². The predicted octanol–water partition coefficient (Wildman–Crippen LogP) is 5.49. The van der Waals surface area contributed by atoms with Crippen LogP contribution in [0.5, 0.6) is 17.2 Å². The summed E-state index contributed by atoms with van der Waals surface area (Å²) in [5, 5.41) is 3.32. The van der Waals surface area contributed by atoms with Crippen molar-refractivity contribution in [2.75, 3.05) is 25.5 Å². The first-order chi connectivity index (χ1) is 16.8. The van der Waals surface area contributed by atoms with Crippen LogP contribution in [0.3, 0.4) is 0 Å². The Bertz CT molecular complexity index is 1310. The lowest BCUT2D eigenvalue weighted by Gasteiger charge is -2.31. The molecule has 7 nitrogen and oxygen atoms in total. The van der Waals surface area contributed by atoms with Crippen LogP contribution in [0.15, 0.2) is 71.6 Å². The number of hydrogen-bond donors (Lipinski definition) is 1. The number of halogens is 1. The van der Waals surface area contributed by atoms with Crippen molar-refractivity contribution in [3.05, 3.63) is 77.3 Å². The molecule has 184 valence electrons. The minimum absolute atomic E-state index is 0.106. The lowest BCUT2D eigenvalue weighted by Crippen LogP contribution is -2.43. The first-order valence-corrected chi connectivity index (χ1v) is 13.1. The average Bonchev–Trinajstić information content (AvgIpc) is 2.86. The van der Waals surface area contributed by atoms with Gasteiger partial charge in [0.1, 0.15) is 11.5 Å². The number of anilines is 1. The molecule has 1 amide bonds. The van der Waals surface area contributed by atoms with Crippen molar-refractivity contribution in [2.45, 2.75) is 24.7 Å². The molecule has 0 saturated carbocycles. The Hall–Kier alpha value is -3.07. The molecule has 1 fully saturated rings. The van der Waals surface area contributed by atoms with Gasteiger partial charge in [-0.25, -0.2) is 8.42 Å². The molecule has 0 radical (unpaired) electrons. The normalized spacial score (nSPS) is 16.5. The Labute approximate surface area is 210 Å². The van der Waals surface area contributed by atoms with Gasteiger partial charge in [-0.2, -0.15) is 4.31 Å². The highest BCUT2D eigenvalue weighted by molar-refractivity contribution is 7.89. The van der Waals surface area contributed by atoms with Crippen LogP contribution in [0.25, 0.3) is 0 Å². The van der Waals surface area contributed by atoms with Gasteiger partial charge in [0.15, 0.2) is 5.75 Å². The summed E-state index contributed by atoms with van der Waals surface area (Å²) in [6.07, 6.45) is 1.17. The third kappa shape index (κ3) is 5.96. The fourth-order valence-corrected chi connectivity index (χ4v) is 5.65. The minimum Gasteiger partial charge on any atom is -0.497 e. The number of nitrogens with one attached hydrogen (secondary N) is 1. The number of benzene rings is 3. The Morgan fingerprint density at radius 1 is 1.06 bits per heavy atom. The van der Waals surface area contributed by atoms with Crippen LogP contribution in [-0.2, 0) is 14.8 Å². The molecule has 1 heterocycles. The topological polar surface area (TPSA) is 84.9 Å². The van der Waals surface area contributed by atoms with Gasteiger partial charge in [-0.3, -0.25) is 4.79 Å². The number of carbonyl (C=O) groups is 1. The molecule has 9 heteroatoms. The first-order valence-electron chi connectivity index (χ1n) is 11.3. The van der Waals surface area contributed by atoms with Gasteiger partial charge in [-0.15, -0.1) is 0 Å². The van der Waals surface area contributed by atoms with E-state index in [9.17, 15) is 13.2 Å². The van der Waals surface area contributed by atoms with Crippen LogP contribution >= 0.6 is 11.6 Å². The van der Waals surface area contributed by atoms with Crippen molar-refractivity contribution in [2.24, 2.45) is 5.92 Å². The molecule has 0 unspecified atom stereocenters. The quantitative estimate of drug-likeness (QED) is 0.450. The molecule has 3 aromatic rings. The molecule has 4 rings (SSSR count). The molecule has 0 aliphatic carbocycles. The number of nitrogens with zero attached hydrogens (tertiary/aromatic N) is 1. The molecule has 35 heavy (non-hydrogen) atoms. The molecule has 1 aliphatic heterocycles. The summed E-state index contributed by atoms with van der Waals surface area (Å²) in [6.45, 7) is 2.38. The van der Waals surface area contributed by atoms with E-state index in [1.807, 2.05) is 6.92 Å². The number of carbonyl (C=O) groups excluding carboxylic acids is 1. The van der Waals surface area contributed by atoms with E-state index >= 15 is 0 Å². The van der Waals surface area contributed by atoms with E-state index in [0.29, 0.717) is 47.3 Å². The highest BCUT2D eigenvalue weighted by atomic mass is 35.5. The van der Waals surface area contributed by atoms with E-state index in [-0.39, 0.29) is 17.3 Å². The lowest BCUT2D eigenvalue weighted by atomic mass is 9.98. The lowest BCUT2D eigenvalue weighted by molar-refractivity contribution is -0.120. The molecule has 0 spiro atoms. The zero-order valence-corrected chi connectivity index (χ0v) is 21.1. The van der Waals surface area contributed by atoms with Gasteiger partial charge < -0.3 is 14.8 Å². The van der Waals surface area contributed by atoms with Gasteiger partial charge in [0.05, 0.1) is 23.6 Å². The van der Waals surface area contributed by atoms with Gasteiger partial charge in [0, 0.05) is 24.2 Å². The molecule has 0 bridgehead atoms. The number of rotatable bonds is 7. The summed E-state index contributed by atoms with van der Waals surface area (Å²) in [5.74, 6) is 0.796. The van der Waals surface area contributed by atoms with E-state index in [4.69, 9.17) is 21.1 Å². The van der Waals surface area contributed by atoms with E-state index < -0.39 is 15.9 Å². The van der Waals surface area contributed by atoms with Crippen molar-refractivity contribution in [3.63, 3.8) is 0 Å². The second kappa shape index (κ2) is 10.7. The summed E-state index contributed by atoms with van der Waals surface area (Å²) in [5.41, 5.74) is 1.39. The molecule has 0 aromatic heterocycles. The van der Waals surface area contributed by atoms with Gasteiger partial charge in [0.25, 0.3) is 0 Å². The smallest absolute Gasteiger partial charge is 0.243 e. The second-order valence-electron chi connectivity index (χ2n) is 8.43. The Balaban J connectivity index is 1.50. The Kier molecular flexibility index (Phi) is 7.64. The first kappa shape index (κ1) is 25.0. The van der Waals surface area contributed by atoms with Gasteiger partial charge in [0.2, 0.25) is 15.9 Å². The zero-order valence-electron chi connectivity index (χ0n) is 19.5. The summed E-state index contributed by atoms with van der Waals surface area (Å²) >= 11 is 6.18. The highest BCUT2D eigenvalue weighted by Crippen LogP contribution is 2.34. The number of hydrogen-bond acceptors (Lipinski definition) is 5. The largest absolute Gasteiger partial charge is 0.497 e. The van der Waals surface area contributed by atoms with Gasteiger partial charge >= 0.3 is 0 Å². The Morgan fingerprint density at radius 2 is 1.80 bits per heavy atom. The molecular formula is C26H27ClN2O5S. The number of aryl methyl sites for hydroxylation is 1. The van der Waals surface area contributed by atoms with E-state index in [0.717, 1.165) is 5.56 Å². The SMILES string of the molecule is COc1cccc(Oc2ccc(Cl)cc2NC(=O)[C@@H]2CCCN(S(=O)(=O)c3ccc(C)cc3)C2)c1. The number of amides is 1. The van der Waals surface area contributed by atoms with Crippen LogP contribution in [0.2, 0.25) is 5.02 Å². The van der Waals surface area contributed by atoms with Crippen LogP contribution in [0.1, 0.15) is 18.4 Å². The molecule has 3 aromatic carbocycles. The second-order valence-corrected chi connectivity index (χ2v) is 10.8. The average molecular weight is 515 g/mol. The third-order valence-corrected chi connectivity index (χ3v) is 8.00. The van der Waals surface area contributed by atoms with E-state index in [1.165, 1.54) is 4.31 Å². The number of piperidine rings is 1. The third-order valence-electron chi connectivity index (χ3n) is 5.88. The summed E-state index contributed by atoms with van der Waals surface area (Å²) in [4.78, 5) is 13.4. The maximum Gasteiger partial charge on any atom is 0.243 e. The van der Waals surface area contributed by atoms with Gasteiger partial charge in [-0.05, 0) is 62.2 Å². The Morgan fingerprint density at radius 3 is 2.54 bits per heavy atom. The monoisotopic (exact) mass is 514 g/mol. The fourth-order valence-electron chi connectivity index (χ4n) is 3.95. The molecule has 1 N–H and O–H groups in total. The van der Waals surface area contributed by atoms with Crippen molar-refractivity contribution in [3.8, 4) is 17.2 Å². The van der Waals surface area contributed by atoms with Crippen LogP contribution < -0.4 is 14.8 Å². The summed E-state index contributed by atoms with van der Waals surface area (Å²) in [7, 11) is -2.12. The summed E-state index contributed by atoms with van der Waals surface area (Å²) in [6, 6.07) is 18.8. The number of ether oxygens (including phenoxy) is 2. The standard InChI is InChI=1S/C26H27ClN2O5S/c1-18-8-11-23(12-9-18)35(31,32)29-14-4-5-19(17-29)26(30)28-24-15-20(27)10-13-25(24)34-22-7-3-6-21(16-22)33-2/h3,6-13,15-16,19H,4-5,14,17H2,1-2H3,(H,28,30)/t19-/m1/s1. The minimum atomic E-state index is -3.68. The zero-order chi connectivity index (χ0) is 25.0. The summed E-state index contributed by atoms with van der Waals surface area (Å²) < 4.78 is 38.9. The van der Waals surface area contributed by atoms with Crippen molar-refractivity contribution in [1.29, 1.82) is 0 Å².